The Hall–Kier alpha value is -4.46. The molecule has 0 saturated heterocycles. The van der Waals surface area contributed by atoms with Crippen LogP contribution in [0.25, 0.3) is 6.08 Å². The number of rotatable bonds is 8. The molecule has 0 amide bonds. The highest BCUT2D eigenvalue weighted by atomic mass is 16.5. The molecule has 8 heteroatoms. The van der Waals surface area contributed by atoms with Crippen LogP contribution in [0.15, 0.2) is 60.7 Å². The first kappa shape index (κ1) is 23.7. The molecule has 1 aliphatic heterocycles. The molecular formula is C27H24O8. The van der Waals surface area contributed by atoms with Crippen molar-refractivity contribution in [3.63, 3.8) is 0 Å². The van der Waals surface area contributed by atoms with Gasteiger partial charge in [0.1, 0.15) is 24.7 Å². The van der Waals surface area contributed by atoms with Crippen LogP contribution in [0.1, 0.15) is 39.1 Å². The van der Waals surface area contributed by atoms with Crippen LogP contribution in [-0.4, -0.2) is 43.3 Å². The maximum Gasteiger partial charge on any atom is 0.338 e. The number of aromatic hydroxyl groups is 2. The van der Waals surface area contributed by atoms with Gasteiger partial charge in [0.15, 0.2) is 23.0 Å². The minimum absolute atomic E-state index is 0.0130. The number of esters is 1. The number of hydrogen-bond acceptors (Lipinski definition) is 8. The highest BCUT2D eigenvalue weighted by molar-refractivity contribution is 5.89. The summed E-state index contributed by atoms with van der Waals surface area (Å²) >= 11 is 0. The smallest absolute Gasteiger partial charge is 0.338 e. The van der Waals surface area contributed by atoms with E-state index in [9.17, 15) is 19.8 Å². The summed E-state index contributed by atoms with van der Waals surface area (Å²) in [6.45, 7) is -0.0232. The van der Waals surface area contributed by atoms with Gasteiger partial charge in [-0.2, -0.15) is 0 Å². The van der Waals surface area contributed by atoms with Gasteiger partial charge < -0.3 is 29.2 Å². The lowest BCUT2D eigenvalue weighted by Crippen LogP contribution is -2.18. The zero-order valence-electron chi connectivity index (χ0n) is 19.1. The Bertz CT molecular complexity index is 1260. The molecule has 0 spiro atoms. The lowest BCUT2D eigenvalue weighted by atomic mass is 9.90. The largest absolute Gasteiger partial charge is 0.508 e. The standard InChI is InChI=1S/C27H24O8/c1-32-23-14-18(7-10-22(23)30)25-21(15-34-27(31)17-5-8-19(29)9-6-17)20-12-16(4-3-11-28)13-24(33-2)26(20)35-25/h3-14,21,25,29-30H,15H2,1-2H3/t21-,25+/m0/s1. The molecule has 1 aliphatic rings. The number of hydrogen-bond donors (Lipinski definition) is 2. The van der Waals surface area contributed by atoms with Crippen molar-refractivity contribution in [2.75, 3.05) is 20.8 Å². The summed E-state index contributed by atoms with van der Waals surface area (Å²) in [5.41, 5.74) is 2.46. The Labute approximate surface area is 202 Å². The molecule has 0 fully saturated rings. The molecule has 35 heavy (non-hydrogen) atoms. The topological polar surface area (TPSA) is 112 Å². The number of ether oxygens (including phenoxy) is 4. The van der Waals surface area contributed by atoms with E-state index >= 15 is 0 Å². The fraction of sp³-hybridized carbons (Fsp3) is 0.185. The van der Waals surface area contributed by atoms with Gasteiger partial charge >= 0.3 is 5.97 Å². The van der Waals surface area contributed by atoms with Crippen LogP contribution >= 0.6 is 0 Å². The van der Waals surface area contributed by atoms with Gasteiger partial charge in [-0.15, -0.1) is 0 Å². The van der Waals surface area contributed by atoms with E-state index in [-0.39, 0.29) is 23.9 Å². The third kappa shape index (κ3) is 4.91. The van der Waals surface area contributed by atoms with Crippen molar-refractivity contribution in [1.29, 1.82) is 0 Å². The second-order valence-electron chi connectivity index (χ2n) is 7.86. The third-order valence-electron chi connectivity index (χ3n) is 5.73. The second-order valence-corrected chi connectivity index (χ2v) is 7.86. The van der Waals surface area contributed by atoms with Gasteiger partial charge in [0.2, 0.25) is 0 Å². The Morgan fingerprint density at radius 3 is 2.43 bits per heavy atom. The van der Waals surface area contributed by atoms with Gasteiger partial charge in [-0.3, -0.25) is 4.79 Å². The lowest BCUT2D eigenvalue weighted by Gasteiger charge is -2.20. The minimum Gasteiger partial charge on any atom is -0.508 e. The fourth-order valence-corrected chi connectivity index (χ4v) is 4.01. The number of phenolic OH excluding ortho intramolecular Hbond substituents is 2. The summed E-state index contributed by atoms with van der Waals surface area (Å²) < 4.78 is 22.7. The Morgan fingerprint density at radius 1 is 1.00 bits per heavy atom. The van der Waals surface area contributed by atoms with Crippen molar-refractivity contribution >= 4 is 18.3 Å². The van der Waals surface area contributed by atoms with E-state index in [0.29, 0.717) is 28.9 Å². The molecule has 0 radical (unpaired) electrons. The van der Waals surface area contributed by atoms with Crippen molar-refractivity contribution in [3.8, 4) is 28.7 Å². The van der Waals surface area contributed by atoms with E-state index in [0.717, 1.165) is 11.1 Å². The predicted molar refractivity (Wildman–Crippen MR) is 127 cm³/mol. The number of methoxy groups -OCH3 is 2. The van der Waals surface area contributed by atoms with Gasteiger partial charge in [-0.05, 0) is 65.7 Å². The van der Waals surface area contributed by atoms with Crippen molar-refractivity contribution in [1.82, 2.24) is 0 Å². The van der Waals surface area contributed by atoms with Gasteiger partial charge in [0, 0.05) is 5.56 Å². The number of benzene rings is 3. The summed E-state index contributed by atoms with van der Waals surface area (Å²) in [7, 11) is 2.97. The number of carbonyl (C=O) groups is 2. The van der Waals surface area contributed by atoms with Crippen molar-refractivity contribution in [2.24, 2.45) is 0 Å². The molecule has 1 heterocycles. The molecule has 0 aliphatic carbocycles. The van der Waals surface area contributed by atoms with Crippen LogP contribution in [0, 0.1) is 0 Å². The fourth-order valence-electron chi connectivity index (χ4n) is 4.01. The first-order valence-electron chi connectivity index (χ1n) is 10.8. The summed E-state index contributed by atoms with van der Waals surface area (Å²) in [6.07, 6.45) is 3.12. The maximum absolute atomic E-state index is 12.7. The van der Waals surface area contributed by atoms with Gasteiger partial charge in [0.05, 0.1) is 25.7 Å². The van der Waals surface area contributed by atoms with Gasteiger partial charge in [-0.25, -0.2) is 4.79 Å². The highest BCUT2D eigenvalue weighted by Crippen LogP contribution is 2.51. The SMILES string of the molecule is COc1cc([C@H]2Oc3c(OC)cc(C=CC=O)cc3[C@@H]2COC(=O)c2ccc(O)cc2)ccc1O. The molecule has 3 aromatic rings. The molecule has 0 unspecified atom stereocenters. The van der Waals surface area contributed by atoms with Crippen LogP contribution in [0.4, 0.5) is 0 Å². The van der Waals surface area contributed by atoms with E-state index in [1.54, 1.807) is 24.3 Å². The van der Waals surface area contributed by atoms with Crippen LogP contribution < -0.4 is 14.2 Å². The van der Waals surface area contributed by atoms with Crippen LogP contribution in [0.2, 0.25) is 0 Å². The number of fused-ring (bicyclic) bond motifs is 1. The van der Waals surface area contributed by atoms with Gasteiger partial charge in [-0.1, -0.05) is 12.1 Å². The zero-order chi connectivity index (χ0) is 24.9. The summed E-state index contributed by atoms with van der Waals surface area (Å²) in [6, 6.07) is 14.3. The molecule has 0 bridgehead atoms. The zero-order valence-corrected chi connectivity index (χ0v) is 19.1. The molecule has 0 saturated carbocycles. The van der Waals surface area contributed by atoms with Crippen molar-refractivity contribution in [3.05, 3.63) is 82.9 Å². The molecule has 2 N–H and O–H groups in total. The summed E-state index contributed by atoms with van der Waals surface area (Å²) in [5.74, 6) is 0.297. The number of phenols is 2. The third-order valence-corrected chi connectivity index (χ3v) is 5.73. The molecule has 3 aromatic carbocycles. The molecule has 8 nitrogen and oxygen atoms in total. The number of carbonyl (C=O) groups excluding carboxylic acids is 2. The van der Waals surface area contributed by atoms with E-state index in [1.807, 2.05) is 6.07 Å². The highest BCUT2D eigenvalue weighted by Gasteiger charge is 2.39. The van der Waals surface area contributed by atoms with E-state index in [1.165, 1.54) is 50.6 Å². The second kappa shape index (κ2) is 10.2. The van der Waals surface area contributed by atoms with Crippen LogP contribution in [0.5, 0.6) is 28.7 Å². The number of aldehydes is 1. The average Bonchev–Trinajstić information content (AvgIpc) is 3.24. The van der Waals surface area contributed by atoms with Crippen molar-refractivity contribution in [2.45, 2.75) is 12.0 Å². The van der Waals surface area contributed by atoms with Gasteiger partial charge in [0.25, 0.3) is 0 Å². The Kier molecular flexibility index (Phi) is 6.91. The normalized spacial score (nSPS) is 16.4. The van der Waals surface area contributed by atoms with E-state index in [4.69, 9.17) is 18.9 Å². The molecular weight excluding hydrogens is 452 g/mol. The van der Waals surface area contributed by atoms with Crippen molar-refractivity contribution < 1.29 is 38.7 Å². The predicted octanol–water partition coefficient (Wildman–Crippen LogP) is 4.40. The average molecular weight is 476 g/mol. The summed E-state index contributed by atoms with van der Waals surface area (Å²) in [4.78, 5) is 23.5. The first-order chi connectivity index (χ1) is 16.9. The molecule has 4 rings (SSSR count). The lowest BCUT2D eigenvalue weighted by molar-refractivity contribution is -0.104. The van der Waals surface area contributed by atoms with E-state index < -0.39 is 18.0 Å². The quantitative estimate of drug-likeness (QED) is 0.280. The monoisotopic (exact) mass is 476 g/mol. The molecule has 0 aromatic heterocycles. The number of allylic oxidation sites excluding steroid dienone is 1. The summed E-state index contributed by atoms with van der Waals surface area (Å²) in [5, 5.41) is 19.5. The Balaban J connectivity index is 1.72. The molecule has 2 atom stereocenters. The van der Waals surface area contributed by atoms with E-state index in [2.05, 4.69) is 0 Å². The minimum atomic E-state index is -0.577. The maximum atomic E-state index is 12.7. The Morgan fingerprint density at radius 2 is 1.74 bits per heavy atom. The van der Waals surface area contributed by atoms with Crippen LogP contribution in [0.3, 0.4) is 0 Å². The van der Waals surface area contributed by atoms with Crippen LogP contribution in [-0.2, 0) is 9.53 Å². The first-order valence-corrected chi connectivity index (χ1v) is 10.8. The molecule has 180 valence electrons.